The van der Waals surface area contributed by atoms with Gasteiger partial charge in [-0.15, -0.1) is 11.3 Å². The predicted octanol–water partition coefficient (Wildman–Crippen LogP) is 6.28. The van der Waals surface area contributed by atoms with Gasteiger partial charge in [0, 0.05) is 15.6 Å². The summed E-state index contributed by atoms with van der Waals surface area (Å²) in [6, 6.07) is 10.4. The largest absolute Gasteiger partial charge is 0.244 e. The third kappa shape index (κ3) is 3.63. The van der Waals surface area contributed by atoms with E-state index in [0.717, 1.165) is 39.9 Å². The van der Waals surface area contributed by atoms with E-state index in [-0.39, 0.29) is 0 Å². The second kappa shape index (κ2) is 6.82. The van der Waals surface area contributed by atoms with Crippen molar-refractivity contribution in [3.8, 4) is 6.07 Å². The molecular weight excluding hydrogens is 380 g/mol. The van der Waals surface area contributed by atoms with E-state index in [1.165, 1.54) is 10.4 Å². The molecule has 0 bridgehead atoms. The molecule has 3 rings (SSSR count). The Kier molecular flexibility index (Phi) is 4.94. The van der Waals surface area contributed by atoms with E-state index in [1.54, 1.807) is 11.3 Å². The predicted molar refractivity (Wildman–Crippen MR) is 105 cm³/mol. The fraction of sp³-hybridized carbons (Fsp3) is 0.400. The number of benzene rings is 1. The number of aliphatic imine (C=N–C) groups is 1. The zero-order chi connectivity index (χ0) is 17.3. The van der Waals surface area contributed by atoms with E-state index >= 15 is 0 Å². The lowest BCUT2D eigenvalue weighted by Gasteiger charge is -2.33. The quantitative estimate of drug-likeness (QED) is 0.545. The lowest BCUT2D eigenvalue weighted by molar-refractivity contribution is 0.218. The lowest BCUT2D eigenvalue weighted by atomic mass is 9.72. The third-order valence-corrected chi connectivity index (χ3v) is 6.42. The molecule has 1 aromatic carbocycles. The van der Waals surface area contributed by atoms with E-state index in [2.05, 4.69) is 47.8 Å². The molecule has 0 unspecified atom stereocenters. The molecule has 0 spiro atoms. The Hall–Kier alpha value is -1.44. The van der Waals surface area contributed by atoms with E-state index in [1.807, 2.05) is 30.5 Å². The molecule has 1 atom stereocenters. The van der Waals surface area contributed by atoms with Gasteiger partial charge in [0.1, 0.15) is 11.1 Å². The molecule has 1 heterocycles. The van der Waals surface area contributed by atoms with Crippen molar-refractivity contribution < 1.29 is 0 Å². The number of hydrogen-bond acceptors (Lipinski definition) is 3. The highest BCUT2D eigenvalue weighted by atomic mass is 79.9. The minimum Gasteiger partial charge on any atom is -0.244 e. The first-order chi connectivity index (χ1) is 11.4. The monoisotopic (exact) mass is 400 g/mol. The topological polar surface area (TPSA) is 36.1 Å². The van der Waals surface area contributed by atoms with Gasteiger partial charge in [-0.3, -0.25) is 0 Å². The highest BCUT2D eigenvalue weighted by molar-refractivity contribution is 9.10. The van der Waals surface area contributed by atoms with Crippen LogP contribution in [0, 0.1) is 22.7 Å². The molecule has 0 radical (unpaired) electrons. The van der Waals surface area contributed by atoms with Crippen LogP contribution in [0.1, 0.15) is 48.8 Å². The van der Waals surface area contributed by atoms with Crippen molar-refractivity contribution >= 4 is 38.5 Å². The number of hydrogen-bond donors (Lipinski definition) is 0. The molecular formula is C20H21BrN2S. The number of halogens is 1. The maximum absolute atomic E-state index is 9.61. The molecule has 0 aliphatic heterocycles. The first kappa shape index (κ1) is 17.4. The van der Waals surface area contributed by atoms with Gasteiger partial charge in [-0.1, -0.05) is 48.8 Å². The smallest absolute Gasteiger partial charge is 0.134 e. The SMILES string of the molecule is CC(C)(C)[C@H]1CCc2c(sc(N=Cc3cccc(Br)c3)c2C#N)C1. The second-order valence-corrected chi connectivity index (χ2v) is 9.41. The number of nitriles is 1. The fourth-order valence-corrected chi connectivity index (χ4v) is 4.88. The number of nitrogens with zero attached hydrogens (tertiary/aromatic N) is 2. The first-order valence-corrected chi connectivity index (χ1v) is 9.83. The summed E-state index contributed by atoms with van der Waals surface area (Å²) >= 11 is 5.17. The summed E-state index contributed by atoms with van der Waals surface area (Å²) in [7, 11) is 0. The van der Waals surface area contributed by atoms with Crippen LogP contribution in [0.3, 0.4) is 0 Å². The molecule has 0 N–H and O–H groups in total. The highest BCUT2D eigenvalue weighted by Gasteiger charge is 2.32. The van der Waals surface area contributed by atoms with Gasteiger partial charge in [-0.05, 0) is 53.9 Å². The highest BCUT2D eigenvalue weighted by Crippen LogP contribution is 2.44. The second-order valence-electron chi connectivity index (χ2n) is 7.41. The summed E-state index contributed by atoms with van der Waals surface area (Å²) in [6.07, 6.45) is 5.09. The normalized spacial score (nSPS) is 17.7. The van der Waals surface area contributed by atoms with Crippen LogP contribution in [0.4, 0.5) is 5.00 Å². The maximum atomic E-state index is 9.61. The average Bonchev–Trinajstić information content (AvgIpc) is 2.88. The van der Waals surface area contributed by atoms with Crippen LogP contribution in [0.2, 0.25) is 0 Å². The van der Waals surface area contributed by atoms with Crippen molar-refractivity contribution in [2.24, 2.45) is 16.3 Å². The molecule has 0 fully saturated rings. The molecule has 0 amide bonds. The van der Waals surface area contributed by atoms with E-state index in [9.17, 15) is 5.26 Å². The molecule has 2 nitrogen and oxygen atoms in total. The maximum Gasteiger partial charge on any atom is 0.134 e. The van der Waals surface area contributed by atoms with Gasteiger partial charge in [0.2, 0.25) is 0 Å². The van der Waals surface area contributed by atoms with Crippen LogP contribution in [-0.4, -0.2) is 6.21 Å². The fourth-order valence-electron chi connectivity index (χ4n) is 3.24. The van der Waals surface area contributed by atoms with Gasteiger partial charge >= 0.3 is 0 Å². The Labute approximate surface area is 156 Å². The third-order valence-electron chi connectivity index (χ3n) is 4.76. The first-order valence-electron chi connectivity index (χ1n) is 8.22. The minimum atomic E-state index is 0.314. The molecule has 4 heteroatoms. The summed E-state index contributed by atoms with van der Waals surface area (Å²) in [6.45, 7) is 6.94. The van der Waals surface area contributed by atoms with E-state index < -0.39 is 0 Å². The molecule has 124 valence electrons. The molecule has 1 aromatic heterocycles. The summed E-state index contributed by atoms with van der Waals surface area (Å²) in [4.78, 5) is 5.99. The summed E-state index contributed by atoms with van der Waals surface area (Å²) < 4.78 is 1.03. The molecule has 24 heavy (non-hydrogen) atoms. The molecule has 2 aromatic rings. The van der Waals surface area contributed by atoms with Crippen LogP contribution >= 0.6 is 27.3 Å². The Balaban J connectivity index is 1.91. The summed E-state index contributed by atoms with van der Waals surface area (Å²) in [5.74, 6) is 0.678. The number of rotatable bonds is 2. The van der Waals surface area contributed by atoms with Crippen LogP contribution in [0.5, 0.6) is 0 Å². The van der Waals surface area contributed by atoms with E-state index in [4.69, 9.17) is 0 Å². The standard InChI is InChI=1S/C20H21BrN2S/c1-20(2,3)14-7-8-16-17(11-22)19(24-18(16)10-14)23-12-13-5-4-6-15(21)9-13/h4-6,9,12,14H,7-8,10H2,1-3H3/t14-/m0/s1. The zero-order valence-corrected chi connectivity index (χ0v) is 16.7. The van der Waals surface area contributed by atoms with Crippen molar-refractivity contribution in [1.29, 1.82) is 5.26 Å². The zero-order valence-electron chi connectivity index (χ0n) is 14.3. The Morgan fingerprint density at radius 1 is 1.38 bits per heavy atom. The van der Waals surface area contributed by atoms with Crippen LogP contribution in [0.15, 0.2) is 33.7 Å². The van der Waals surface area contributed by atoms with Gasteiger partial charge in [-0.25, -0.2) is 4.99 Å². The Morgan fingerprint density at radius 3 is 2.83 bits per heavy atom. The van der Waals surface area contributed by atoms with Crippen molar-refractivity contribution in [2.45, 2.75) is 40.0 Å². The van der Waals surface area contributed by atoms with Gasteiger partial charge < -0.3 is 0 Å². The minimum absolute atomic E-state index is 0.314. The van der Waals surface area contributed by atoms with Gasteiger partial charge in [-0.2, -0.15) is 5.26 Å². The Bertz CT molecular complexity index is 821. The van der Waals surface area contributed by atoms with Crippen molar-refractivity contribution in [3.63, 3.8) is 0 Å². The number of thiophene rings is 1. The van der Waals surface area contributed by atoms with Crippen molar-refractivity contribution in [3.05, 3.63) is 50.3 Å². The average molecular weight is 401 g/mol. The van der Waals surface area contributed by atoms with Gasteiger partial charge in [0.05, 0.1) is 5.56 Å². The molecule has 0 saturated heterocycles. The van der Waals surface area contributed by atoms with E-state index in [0.29, 0.717) is 11.3 Å². The van der Waals surface area contributed by atoms with Crippen LogP contribution < -0.4 is 0 Å². The molecule has 0 saturated carbocycles. The van der Waals surface area contributed by atoms with Crippen LogP contribution in [-0.2, 0) is 12.8 Å². The number of fused-ring (bicyclic) bond motifs is 1. The molecule has 1 aliphatic rings. The molecule has 1 aliphatic carbocycles. The summed E-state index contributed by atoms with van der Waals surface area (Å²) in [5.41, 5.74) is 3.37. The van der Waals surface area contributed by atoms with Crippen LogP contribution in [0.25, 0.3) is 0 Å². The van der Waals surface area contributed by atoms with Crippen molar-refractivity contribution in [2.75, 3.05) is 0 Å². The van der Waals surface area contributed by atoms with Gasteiger partial charge in [0.25, 0.3) is 0 Å². The Morgan fingerprint density at radius 2 is 2.17 bits per heavy atom. The van der Waals surface area contributed by atoms with Gasteiger partial charge in [0.15, 0.2) is 0 Å². The summed E-state index contributed by atoms with van der Waals surface area (Å²) in [5, 5.41) is 10.5. The van der Waals surface area contributed by atoms with Crippen molar-refractivity contribution in [1.82, 2.24) is 0 Å². The lowest BCUT2D eigenvalue weighted by Crippen LogP contribution is -2.26.